The highest BCUT2D eigenvalue weighted by Gasteiger charge is 2.31. The fraction of sp³-hybridized carbons (Fsp3) is 0.444. The predicted octanol–water partition coefficient (Wildman–Crippen LogP) is 2.40. The molecule has 1 atom stereocenters. The molecule has 24 heavy (non-hydrogen) atoms. The van der Waals surface area contributed by atoms with Gasteiger partial charge in [-0.25, -0.2) is 0 Å². The number of likely N-dealkylation sites (tertiary alicyclic amines) is 1. The van der Waals surface area contributed by atoms with E-state index in [-0.39, 0.29) is 12.7 Å². The first-order valence-electron chi connectivity index (χ1n) is 8.23. The van der Waals surface area contributed by atoms with Crippen LogP contribution < -0.4 is 9.47 Å². The number of hydrogen-bond acceptors (Lipinski definition) is 4. The largest absolute Gasteiger partial charge is 0.454 e. The number of nitrogens with zero attached hydrogens (tertiary/aromatic N) is 3. The Balaban J connectivity index is 1.53. The van der Waals surface area contributed by atoms with Crippen molar-refractivity contribution in [3.8, 4) is 11.5 Å². The Kier molecular flexibility index (Phi) is 3.48. The van der Waals surface area contributed by atoms with Crippen LogP contribution in [0.3, 0.4) is 0 Å². The lowest BCUT2D eigenvalue weighted by Gasteiger charge is -2.17. The number of benzene rings is 1. The van der Waals surface area contributed by atoms with Crippen molar-refractivity contribution in [2.24, 2.45) is 7.05 Å². The van der Waals surface area contributed by atoms with Crippen LogP contribution in [0.1, 0.15) is 39.6 Å². The number of amides is 1. The van der Waals surface area contributed by atoms with Gasteiger partial charge in [-0.1, -0.05) is 6.07 Å². The fourth-order valence-corrected chi connectivity index (χ4v) is 3.63. The molecule has 4 rings (SSSR count). The first-order valence-corrected chi connectivity index (χ1v) is 8.23. The molecule has 1 aromatic carbocycles. The molecule has 126 valence electrons. The smallest absolute Gasteiger partial charge is 0.257 e. The summed E-state index contributed by atoms with van der Waals surface area (Å²) >= 11 is 0. The third-order valence-corrected chi connectivity index (χ3v) is 5.07. The molecule has 0 N–H and O–H groups in total. The maximum Gasteiger partial charge on any atom is 0.257 e. The van der Waals surface area contributed by atoms with Gasteiger partial charge >= 0.3 is 0 Å². The summed E-state index contributed by atoms with van der Waals surface area (Å²) in [5.41, 5.74) is 3.66. The van der Waals surface area contributed by atoms with Crippen molar-refractivity contribution < 1.29 is 14.3 Å². The van der Waals surface area contributed by atoms with Crippen molar-refractivity contribution in [2.75, 3.05) is 19.9 Å². The number of hydrogen-bond donors (Lipinski definition) is 0. The number of carbonyl (C=O) groups excluding carboxylic acids is 1. The zero-order chi connectivity index (χ0) is 16.8. The first kappa shape index (κ1) is 15.1. The van der Waals surface area contributed by atoms with Gasteiger partial charge in [0.25, 0.3) is 5.91 Å². The Bertz CT molecular complexity index is 812. The van der Waals surface area contributed by atoms with E-state index in [4.69, 9.17) is 9.47 Å². The number of rotatable bonds is 2. The number of ether oxygens (including phenoxy) is 2. The van der Waals surface area contributed by atoms with Crippen LogP contribution >= 0.6 is 0 Å². The molecule has 1 aromatic heterocycles. The maximum absolute atomic E-state index is 12.9. The fourth-order valence-electron chi connectivity index (χ4n) is 3.63. The van der Waals surface area contributed by atoms with E-state index in [2.05, 4.69) is 11.2 Å². The SMILES string of the molecule is Cc1nn(C)c(C)c1C(=O)N1CC[C@H](c2ccc3c(c2)OCO3)C1. The van der Waals surface area contributed by atoms with E-state index in [1.807, 2.05) is 37.9 Å². The molecule has 0 radical (unpaired) electrons. The number of aromatic nitrogens is 2. The van der Waals surface area contributed by atoms with Gasteiger partial charge in [0.05, 0.1) is 11.3 Å². The molecular formula is C18H21N3O3. The van der Waals surface area contributed by atoms with Crippen molar-refractivity contribution in [2.45, 2.75) is 26.2 Å². The average molecular weight is 327 g/mol. The first-order chi connectivity index (χ1) is 11.5. The van der Waals surface area contributed by atoms with Crippen molar-refractivity contribution in [1.29, 1.82) is 0 Å². The molecule has 1 fully saturated rings. The van der Waals surface area contributed by atoms with Crippen LogP contribution in [0.25, 0.3) is 0 Å². The third-order valence-electron chi connectivity index (χ3n) is 5.07. The lowest BCUT2D eigenvalue weighted by atomic mass is 9.98. The monoisotopic (exact) mass is 327 g/mol. The Morgan fingerprint density at radius 2 is 2.04 bits per heavy atom. The molecule has 3 heterocycles. The van der Waals surface area contributed by atoms with Crippen LogP contribution in [0.4, 0.5) is 0 Å². The summed E-state index contributed by atoms with van der Waals surface area (Å²) in [5, 5.41) is 4.36. The molecule has 0 unspecified atom stereocenters. The van der Waals surface area contributed by atoms with Crippen LogP contribution in [0.15, 0.2) is 18.2 Å². The highest BCUT2D eigenvalue weighted by molar-refractivity contribution is 5.96. The van der Waals surface area contributed by atoms with Crippen LogP contribution in [0.2, 0.25) is 0 Å². The zero-order valence-corrected chi connectivity index (χ0v) is 14.2. The minimum Gasteiger partial charge on any atom is -0.454 e. The number of fused-ring (bicyclic) bond motifs is 1. The second-order valence-corrected chi connectivity index (χ2v) is 6.52. The highest BCUT2D eigenvalue weighted by Crippen LogP contribution is 2.37. The van der Waals surface area contributed by atoms with Gasteiger partial charge in [-0.3, -0.25) is 9.48 Å². The second-order valence-electron chi connectivity index (χ2n) is 6.52. The standard InChI is InChI=1S/C18H21N3O3/c1-11-17(12(2)20(3)19-11)18(22)21-7-6-14(9-21)13-4-5-15-16(8-13)24-10-23-15/h4-5,8,14H,6-7,9-10H2,1-3H3/t14-/m0/s1. The average Bonchev–Trinajstić information content (AvgIpc) is 3.27. The van der Waals surface area contributed by atoms with Gasteiger partial charge in [-0.2, -0.15) is 5.10 Å². The molecule has 0 bridgehead atoms. The molecule has 6 nitrogen and oxygen atoms in total. The Morgan fingerprint density at radius 1 is 1.25 bits per heavy atom. The van der Waals surface area contributed by atoms with E-state index < -0.39 is 0 Å². The molecule has 0 saturated carbocycles. The summed E-state index contributed by atoms with van der Waals surface area (Å²) in [6.07, 6.45) is 0.962. The van der Waals surface area contributed by atoms with Gasteiger partial charge in [-0.15, -0.1) is 0 Å². The van der Waals surface area contributed by atoms with Crippen LogP contribution in [-0.2, 0) is 7.05 Å². The Labute approximate surface area is 141 Å². The van der Waals surface area contributed by atoms with E-state index in [0.29, 0.717) is 5.92 Å². The third kappa shape index (κ3) is 2.33. The van der Waals surface area contributed by atoms with Gasteiger partial charge in [0.2, 0.25) is 6.79 Å². The summed E-state index contributed by atoms with van der Waals surface area (Å²) in [7, 11) is 1.87. The van der Waals surface area contributed by atoms with E-state index in [0.717, 1.165) is 48.0 Å². The van der Waals surface area contributed by atoms with Crippen LogP contribution in [0.5, 0.6) is 11.5 Å². The topological polar surface area (TPSA) is 56.6 Å². The summed E-state index contributed by atoms with van der Waals surface area (Å²) in [5.74, 6) is 2.02. The summed E-state index contributed by atoms with van der Waals surface area (Å²) in [4.78, 5) is 14.8. The van der Waals surface area contributed by atoms with Crippen molar-refractivity contribution in [3.05, 3.63) is 40.7 Å². The van der Waals surface area contributed by atoms with Crippen LogP contribution in [-0.4, -0.2) is 40.5 Å². The molecule has 1 amide bonds. The van der Waals surface area contributed by atoms with E-state index in [1.165, 1.54) is 5.56 Å². The van der Waals surface area contributed by atoms with Crippen molar-refractivity contribution in [1.82, 2.24) is 14.7 Å². The number of carbonyl (C=O) groups is 1. The van der Waals surface area contributed by atoms with E-state index in [1.54, 1.807) is 4.68 Å². The Morgan fingerprint density at radius 3 is 2.79 bits per heavy atom. The van der Waals surface area contributed by atoms with Gasteiger partial charge < -0.3 is 14.4 Å². The molecule has 6 heteroatoms. The summed E-state index contributed by atoms with van der Waals surface area (Å²) < 4.78 is 12.6. The molecule has 1 saturated heterocycles. The van der Waals surface area contributed by atoms with E-state index >= 15 is 0 Å². The molecule has 0 spiro atoms. The van der Waals surface area contributed by atoms with Gasteiger partial charge in [0.15, 0.2) is 11.5 Å². The number of aryl methyl sites for hydroxylation is 2. The van der Waals surface area contributed by atoms with Crippen molar-refractivity contribution in [3.63, 3.8) is 0 Å². The minimum absolute atomic E-state index is 0.0846. The van der Waals surface area contributed by atoms with Crippen LogP contribution in [0, 0.1) is 13.8 Å². The minimum atomic E-state index is 0.0846. The van der Waals surface area contributed by atoms with Gasteiger partial charge in [-0.05, 0) is 38.0 Å². The van der Waals surface area contributed by atoms with E-state index in [9.17, 15) is 4.79 Å². The highest BCUT2D eigenvalue weighted by atomic mass is 16.7. The molecule has 0 aliphatic carbocycles. The molecule has 2 aliphatic rings. The normalized spacial score (nSPS) is 19.1. The van der Waals surface area contributed by atoms with Gasteiger partial charge in [0, 0.05) is 31.7 Å². The zero-order valence-electron chi connectivity index (χ0n) is 14.2. The summed E-state index contributed by atoms with van der Waals surface area (Å²) in [6.45, 7) is 5.62. The lowest BCUT2D eigenvalue weighted by Crippen LogP contribution is -2.29. The Hall–Kier alpha value is -2.50. The second kappa shape index (κ2) is 5.54. The molecule has 2 aromatic rings. The quantitative estimate of drug-likeness (QED) is 0.850. The molecular weight excluding hydrogens is 306 g/mol. The summed E-state index contributed by atoms with van der Waals surface area (Å²) in [6, 6.07) is 6.08. The predicted molar refractivity (Wildman–Crippen MR) is 88.5 cm³/mol. The maximum atomic E-state index is 12.9. The lowest BCUT2D eigenvalue weighted by molar-refractivity contribution is 0.0789. The van der Waals surface area contributed by atoms with Gasteiger partial charge in [0.1, 0.15) is 0 Å². The van der Waals surface area contributed by atoms with Crippen molar-refractivity contribution >= 4 is 5.91 Å². The molecule has 2 aliphatic heterocycles.